The molecule has 1 fully saturated rings. The second kappa shape index (κ2) is 5.28. The van der Waals surface area contributed by atoms with E-state index in [9.17, 15) is 4.79 Å². The highest BCUT2D eigenvalue weighted by Gasteiger charge is 2.36. The lowest BCUT2D eigenvalue weighted by Crippen LogP contribution is -2.42. The minimum Gasteiger partial charge on any atom is -0.472 e. The van der Waals surface area contributed by atoms with Crippen LogP contribution in [0.5, 0.6) is 0 Å². The zero-order valence-corrected chi connectivity index (χ0v) is 12.7. The molecule has 116 valence electrons. The number of furan rings is 1. The Balaban J connectivity index is 1.57. The monoisotopic (exact) mass is 300 g/mol. The molecule has 0 radical (unpaired) electrons. The summed E-state index contributed by atoms with van der Waals surface area (Å²) in [7, 11) is 1.97. The van der Waals surface area contributed by atoms with E-state index < -0.39 is 0 Å². The van der Waals surface area contributed by atoms with E-state index in [1.165, 1.54) is 0 Å². The molecule has 0 saturated heterocycles. The van der Waals surface area contributed by atoms with E-state index in [0.29, 0.717) is 6.04 Å². The van der Waals surface area contributed by atoms with E-state index in [4.69, 9.17) is 4.42 Å². The van der Waals surface area contributed by atoms with Gasteiger partial charge in [-0.25, -0.2) is 4.98 Å². The number of hydrogen-bond donors (Lipinski definition) is 1. The predicted molar refractivity (Wildman–Crippen MR) is 79.9 cm³/mol. The molecule has 6 heteroatoms. The number of amides is 1. The lowest BCUT2D eigenvalue weighted by molar-refractivity contribution is -0.123. The van der Waals surface area contributed by atoms with Gasteiger partial charge in [0.25, 0.3) is 0 Å². The van der Waals surface area contributed by atoms with Crippen LogP contribution in [0.1, 0.15) is 35.7 Å². The van der Waals surface area contributed by atoms with Crippen molar-refractivity contribution in [2.75, 3.05) is 6.54 Å². The van der Waals surface area contributed by atoms with Gasteiger partial charge in [-0.05, 0) is 18.9 Å². The van der Waals surface area contributed by atoms with Crippen molar-refractivity contribution in [3.63, 3.8) is 0 Å². The zero-order chi connectivity index (χ0) is 15.1. The van der Waals surface area contributed by atoms with Gasteiger partial charge < -0.3 is 14.3 Å². The molecular formula is C16H20N4O2. The van der Waals surface area contributed by atoms with E-state index in [1.807, 2.05) is 24.0 Å². The Hall–Kier alpha value is -2.08. The third-order valence-electron chi connectivity index (χ3n) is 4.43. The summed E-state index contributed by atoms with van der Waals surface area (Å²) in [6.45, 7) is 2.27. The van der Waals surface area contributed by atoms with Gasteiger partial charge >= 0.3 is 0 Å². The van der Waals surface area contributed by atoms with Gasteiger partial charge in [-0.15, -0.1) is 0 Å². The van der Waals surface area contributed by atoms with Crippen LogP contribution in [0.2, 0.25) is 0 Å². The quantitative estimate of drug-likeness (QED) is 0.927. The largest absolute Gasteiger partial charge is 0.472 e. The standard InChI is InChI=1S/C16H20N4O2/c1-19-10-17-14-8-20(6-11-4-5-22-9-11)7-13(15(14)19)16(21)18-12-2-3-12/h4-5,9-10,12-13H,2-3,6-8H2,1H3,(H,18,21)/t13-/m0/s1. The van der Waals surface area contributed by atoms with Crippen LogP contribution < -0.4 is 5.32 Å². The summed E-state index contributed by atoms with van der Waals surface area (Å²) in [5, 5.41) is 3.14. The first-order valence-electron chi connectivity index (χ1n) is 7.74. The molecule has 1 aliphatic heterocycles. The minimum absolute atomic E-state index is 0.129. The number of rotatable bonds is 4. The fourth-order valence-electron chi connectivity index (χ4n) is 3.18. The Morgan fingerprint density at radius 3 is 3.09 bits per heavy atom. The highest BCUT2D eigenvalue weighted by Crippen LogP contribution is 2.30. The van der Waals surface area contributed by atoms with Crippen molar-refractivity contribution in [3.05, 3.63) is 41.9 Å². The maximum atomic E-state index is 12.6. The molecule has 2 aromatic heterocycles. The summed E-state index contributed by atoms with van der Waals surface area (Å²) in [5.41, 5.74) is 3.19. The van der Waals surface area contributed by atoms with Gasteiger partial charge in [0.1, 0.15) is 0 Å². The number of carbonyl (C=O) groups is 1. The fraction of sp³-hybridized carbons (Fsp3) is 0.500. The molecule has 0 spiro atoms. The van der Waals surface area contributed by atoms with Crippen molar-refractivity contribution in [3.8, 4) is 0 Å². The van der Waals surface area contributed by atoms with E-state index in [-0.39, 0.29) is 11.8 Å². The summed E-state index contributed by atoms with van der Waals surface area (Å²) in [5.74, 6) is -0.0204. The SMILES string of the molecule is Cn1cnc2c1[C@@H](C(=O)NC1CC1)CN(Cc1ccoc1)C2. The van der Waals surface area contributed by atoms with E-state index in [0.717, 1.165) is 49.4 Å². The molecule has 0 unspecified atom stereocenters. The van der Waals surface area contributed by atoms with Crippen LogP contribution in [0.3, 0.4) is 0 Å². The Morgan fingerprint density at radius 1 is 1.50 bits per heavy atom. The number of fused-ring (bicyclic) bond motifs is 1. The Labute approximate surface area is 129 Å². The number of aromatic nitrogens is 2. The van der Waals surface area contributed by atoms with Crippen LogP contribution in [-0.2, 0) is 24.9 Å². The lowest BCUT2D eigenvalue weighted by Gasteiger charge is -2.32. The van der Waals surface area contributed by atoms with Gasteiger partial charge in [0, 0.05) is 38.3 Å². The zero-order valence-electron chi connectivity index (χ0n) is 12.7. The number of aryl methyl sites for hydroxylation is 1. The second-order valence-corrected chi connectivity index (χ2v) is 6.32. The van der Waals surface area contributed by atoms with Crippen molar-refractivity contribution in [1.82, 2.24) is 19.8 Å². The van der Waals surface area contributed by atoms with Crippen molar-refractivity contribution < 1.29 is 9.21 Å². The van der Waals surface area contributed by atoms with Gasteiger partial charge in [-0.2, -0.15) is 0 Å². The highest BCUT2D eigenvalue weighted by molar-refractivity contribution is 5.84. The van der Waals surface area contributed by atoms with Crippen molar-refractivity contribution >= 4 is 5.91 Å². The van der Waals surface area contributed by atoms with Gasteiger partial charge in [-0.1, -0.05) is 0 Å². The van der Waals surface area contributed by atoms with Crippen LogP contribution in [0.25, 0.3) is 0 Å². The van der Waals surface area contributed by atoms with Crippen LogP contribution in [-0.4, -0.2) is 32.9 Å². The summed E-state index contributed by atoms with van der Waals surface area (Å²) in [6, 6.07) is 2.35. The minimum atomic E-state index is -0.149. The lowest BCUT2D eigenvalue weighted by atomic mass is 9.96. The summed E-state index contributed by atoms with van der Waals surface area (Å²) >= 11 is 0. The predicted octanol–water partition coefficient (Wildman–Crippen LogP) is 1.39. The summed E-state index contributed by atoms with van der Waals surface area (Å²) in [6.07, 6.45) is 7.46. The van der Waals surface area contributed by atoms with Crippen molar-refractivity contribution in [2.45, 2.75) is 37.9 Å². The van der Waals surface area contributed by atoms with Crippen molar-refractivity contribution in [2.24, 2.45) is 7.05 Å². The first kappa shape index (κ1) is 13.6. The average molecular weight is 300 g/mol. The average Bonchev–Trinajstić information content (AvgIpc) is 3.02. The van der Waals surface area contributed by atoms with Gasteiger partial charge in [0.15, 0.2) is 0 Å². The number of nitrogens with zero attached hydrogens (tertiary/aromatic N) is 3. The molecular weight excluding hydrogens is 280 g/mol. The first-order chi connectivity index (χ1) is 10.7. The number of imidazole rings is 1. The molecule has 6 nitrogen and oxygen atoms in total. The van der Waals surface area contributed by atoms with Gasteiger partial charge in [-0.3, -0.25) is 9.69 Å². The molecule has 1 amide bonds. The number of carbonyl (C=O) groups excluding carboxylic acids is 1. The summed E-state index contributed by atoms with van der Waals surface area (Å²) in [4.78, 5) is 19.4. The molecule has 22 heavy (non-hydrogen) atoms. The normalized spacial score (nSPS) is 21.6. The van der Waals surface area contributed by atoms with E-state index in [2.05, 4.69) is 15.2 Å². The maximum absolute atomic E-state index is 12.6. The molecule has 1 atom stereocenters. The molecule has 1 saturated carbocycles. The molecule has 2 aromatic rings. The molecule has 2 aliphatic rings. The highest BCUT2D eigenvalue weighted by atomic mass is 16.3. The molecule has 1 aliphatic carbocycles. The Kier molecular flexibility index (Phi) is 3.26. The maximum Gasteiger partial charge on any atom is 0.230 e. The van der Waals surface area contributed by atoms with Gasteiger partial charge in [0.05, 0.1) is 36.2 Å². The van der Waals surface area contributed by atoms with Crippen LogP contribution in [0.15, 0.2) is 29.3 Å². The fourth-order valence-corrected chi connectivity index (χ4v) is 3.18. The van der Waals surface area contributed by atoms with Crippen LogP contribution in [0.4, 0.5) is 0 Å². The van der Waals surface area contributed by atoms with Crippen molar-refractivity contribution in [1.29, 1.82) is 0 Å². The van der Waals surface area contributed by atoms with E-state index in [1.54, 1.807) is 12.5 Å². The van der Waals surface area contributed by atoms with Gasteiger partial charge in [0.2, 0.25) is 5.91 Å². The van der Waals surface area contributed by atoms with E-state index >= 15 is 0 Å². The smallest absolute Gasteiger partial charge is 0.230 e. The number of nitrogens with one attached hydrogen (secondary N) is 1. The Morgan fingerprint density at radius 2 is 2.36 bits per heavy atom. The molecule has 0 aromatic carbocycles. The second-order valence-electron chi connectivity index (χ2n) is 6.32. The Bertz CT molecular complexity index is 672. The topological polar surface area (TPSA) is 63.3 Å². The third-order valence-corrected chi connectivity index (χ3v) is 4.43. The van der Waals surface area contributed by atoms with Crippen LogP contribution >= 0.6 is 0 Å². The number of hydrogen-bond acceptors (Lipinski definition) is 4. The summed E-state index contributed by atoms with van der Waals surface area (Å²) < 4.78 is 7.13. The molecule has 0 bridgehead atoms. The molecule has 3 heterocycles. The third kappa shape index (κ3) is 2.54. The van der Waals surface area contributed by atoms with Crippen LogP contribution in [0, 0.1) is 0 Å². The molecule has 1 N–H and O–H groups in total. The first-order valence-corrected chi connectivity index (χ1v) is 7.74. The molecule has 4 rings (SSSR count).